The summed E-state index contributed by atoms with van der Waals surface area (Å²) >= 11 is 0. The van der Waals surface area contributed by atoms with Gasteiger partial charge in [0, 0.05) is 21.1 Å². The lowest BCUT2D eigenvalue weighted by Crippen LogP contribution is -2.40. The van der Waals surface area contributed by atoms with Gasteiger partial charge in [-0.3, -0.25) is 9.69 Å². The maximum atomic E-state index is 11.8. The fourth-order valence-electron chi connectivity index (χ4n) is 0.974. The van der Waals surface area contributed by atoms with Crippen LogP contribution in [0.5, 0.6) is 0 Å². The summed E-state index contributed by atoms with van der Waals surface area (Å²) in [6.07, 6.45) is 0. The summed E-state index contributed by atoms with van der Waals surface area (Å²) in [5, 5.41) is 0. The zero-order valence-corrected chi connectivity index (χ0v) is 11.9. The number of esters is 1. The van der Waals surface area contributed by atoms with Crippen LogP contribution in [0.1, 0.15) is 27.7 Å². The Kier molecular flexibility index (Phi) is 5.45. The molecular formula is C12H24N2O3. The SMILES string of the molecule is CC(C)C(C)(C)C(=O)OCN(C)C(=O)N(C)C. The molecular weight excluding hydrogens is 220 g/mol. The summed E-state index contributed by atoms with van der Waals surface area (Å²) in [6, 6.07) is -0.194. The van der Waals surface area contributed by atoms with E-state index < -0.39 is 5.41 Å². The molecule has 0 aromatic heterocycles. The topological polar surface area (TPSA) is 49.9 Å². The quantitative estimate of drug-likeness (QED) is 0.559. The van der Waals surface area contributed by atoms with Crippen molar-refractivity contribution >= 4 is 12.0 Å². The van der Waals surface area contributed by atoms with Crippen LogP contribution in [0.3, 0.4) is 0 Å². The van der Waals surface area contributed by atoms with Crippen LogP contribution in [0.15, 0.2) is 0 Å². The Bertz CT molecular complexity index is 285. The van der Waals surface area contributed by atoms with Crippen LogP contribution >= 0.6 is 0 Å². The highest BCUT2D eigenvalue weighted by Gasteiger charge is 2.33. The van der Waals surface area contributed by atoms with Gasteiger partial charge < -0.3 is 9.64 Å². The van der Waals surface area contributed by atoms with E-state index in [0.717, 1.165) is 0 Å². The van der Waals surface area contributed by atoms with E-state index >= 15 is 0 Å². The fraction of sp³-hybridized carbons (Fsp3) is 0.833. The van der Waals surface area contributed by atoms with Gasteiger partial charge in [0.2, 0.25) is 0 Å². The Hall–Kier alpha value is -1.26. The van der Waals surface area contributed by atoms with Crippen LogP contribution in [-0.4, -0.2) is 49.7 Å². The molecule has 5 nitrogen and oxygen atoms in total. The van der Waals surface area contributed by atoms with Gasteiger partial charge in [-0.2, -0.15) is 0 Å². The van der Waals surface area contributed by atoms with Crippen molar-refractivity contribution in [2.24, 2.45) is 11.3 Å². The molecule has 17 heavy (non-hydrogen) atoms. The molecule has 0 unspecified atom stereocenters. The molecule has 0 atom stereocenters. The first-order valence-electron chi connectivity index (χ1n) is 5.70. The number of urea groups is 1. The van der Waals surface area contributed by atoms with Gasteiger partial charge in [-0.15, -0.1) is 0 Å². The van der Waals surface area contributed by atoms with Crippen molar-refractivity contribution in [2.45, 2.75) is 27.7 Å². The minimum Gasteiger partial charge on any atom is -0.444 e. The van der Waals surface area contributed by atoms with Crippen molar-refractivity contribution in [3.8, 4) is 0 Å². The first-order chi connectivity index (χ1) is 7.60. The number of amides is 2. The molecule has 100 valence electrons. The Morgan fingerprint density at radius 3 is 2.00 bits per heavy atom. The summed E-state index contributed by atoms with van der Waals surface area (Å²) in [5.41, 5.74) is -0.540. The van der Waals surface area contributed by atoms with E-state index in [1.165, 1.54) is 9.80 Å². The third kappa shape index (κ3) is 4.24. The summed E-state index contributed by atoms with van der Waals surface area (Å²) in [5.74, 6) is -0.101. The van der Waals surface area contributed by atoms with Crippen LogP contribution in [0, 0.1) is 11.3 Å². The van der Waals surface area contributed by atoms with Gasteiger partial charge in [-0.05, 0) is 19.8 Å². The van der Waals surface area contributed by atoms with Gasteiger partial charge in [0.25, 0.3) is 0 Å². The monoisotopic (exact) mass is 244 g/mol. The molecule has 0 spiro atoms. The van der Waals surface area contributed by atoms with Gasteiger partial charge >= 0.3 is 12.0 Å². The largest absolute Gasteiger partial charge is 0.444 e. The Morgan fingerprint density at radius 1 is 1.18 bits per heavy atom. The summed E-state index contributed by atoms with van der Waals surface area (Å²) in [6.45, 7) is 7.60. The predicted molar refractivity (Wildman–Crippen MR) is 66.4 cm³/mol. The van der Waals surface area contributed by atoms with Crippen molar-refractivity contribution in [3.63, 3.8) is 0 Å². The molecule has 0 aliphatic heterocycles. The number of hydrogen-bond acceptors (Lipinski definition) is 3. The van der Waals surface area contributed by atoms with E-state index in [1.54, 1.807) is 21.1 Å². The second-order valence-corrected chi connectivity index (χ2v) is 5.31. The molecule has 0 N–H and O–H groups in total. The number of carbonyl (C=O) groups excluding carboxylic acids is 2. The first-order valence-corrected chi connectivity index (χ1v) is 5.70. The third-order valence-electron chi connectivity index (χ3n) is 3.07. The highest BCUT2D eigenvalue weighted by atomic mass is 16.5. The zero-order chi connectivity index (χ0) is 13.8. The van der Waals surface area contributed by atoms with E-state index in [1.807, 2.05) is 27.7 Å². The van der Waals surface area contributed by atoms with E-state index in [9.17, 15) is 9.59 Å². The van der Waals surface area contributed by atoms with E-state index in [4.69, 9.17) is 4.74 Å². The molecule has 0 bridgehead atoms. The van der Waals surface area contributed by atoms with Crippen LogP contribution < -0.4 is 0 Å². The van der Waals surface area contributed by atoms with Gasteiger partial charge in [0.1, 0.15) is 0 Å². The minimum atomic E-state index is -0.540. The molecule has 2 amide bonds. The highest BCUT2D eigenvalue weighted by molar-refractivity contribution is 5.77. The normalized spacial score (nSPS) is 11.3. The molecule has 0 radical (unpaired) electrons. The van der Waals surface area contributed by atoms with Crippen LogP contribution in [0.25, 0.3) is 0 Å². The zero-order valence-electron chi connectivity index (χ0n) is 11.9. The minimum absolute atomic E-state index is 0.0218. The van der Waals surface area contributed by atoms with Crippen LogP contribution in [0.2, 0.25) is 0 Å². The molecule has 0 rings (SSSR count). The molecule has 0 aromatic rings. The van der Waals surface area contributed by atoms with E-state index in [2.05, 4.69) is 0 Å². The number of nitrogens with zero attached hydrogens (tertiary/aromatic N) is 2. The lowest BCUT2D eigenvalue weighted by molar-refractivity contribution is -0.159. The van der Waals surface area contributed by atoms with Crippen molar-refractivity contribution < 1.29 is 14.3 Å². The average Bonchev–Trinajstić information content (AvgIpc) is 2.23. The number of rotatable bonds is 4. The maximum Gasteiger partial charge on any atom is 0.321 e. The summed E-state index contributed by atoms with van der Waals surface area (Å²) < 4.78 is 5.14. The average molecular weight is 244 g/mol. The third-order valence-corrected chi connectivity index (χ3v) is 3.07. The smallest absolute Gasteiger partial charge is 0.321 e. The van der Waals surface area contributed by atoms with Crippen molar-refractivity contribution in [3.05, 3.63) is 0 Å². The van der Waals surface area contributed by atoms with Crippen LogP contribution in [-0.2, 0) is 9.53 Å². The standard InChI is InChI=1S/C12H24N2O3/c1-9(2)12(3,4)10(15)17-8-14(7)11(16)13(5)6/h9H,8H2,1-7H3. The molecule has 0 aliphatic carbocycles. The van der Waals surface area contributed by atoms with Gasteiger partial charge in [0.05, 0.1) is 5.41 Å². The summed E-state index contributed by atoms with van der Waals surface area (Å²) in [4.78, 5) is 26.1. The van der Waals surface area contributed by atoms with Gasteiger partial charge in [0.15, 0.2) is 6.73 Å². The molecule has 5 heteroatoms. The second kappa shape index (κ2) is 5.89. The molecule has 0 fully saturated rings. The Balaban J connectivity index is 4.31. The summed E-state index contributed by atoms with van der Waals surface area (Å²) in [7, 11) is 4.90. The number of hydrogen-bond donors (Lipinski definition) is 0. The van der Waals surface area contributed by atoms with Crippen molar-refractivity contribution in [1.29, 1.82) is 0 Å². The lowest BCUT2D eigenvalue weighted by atomic mass is 9.81. The van der Waals surface area contributed by atoms with Crippen molar-refractivity contribution in [1.82, 2.24) is 9.80 Å². The first kappa shape index (κ1) is 15.7. The maximum absolute atomic E-state index is 11.8. The van der Waals surface area contributed by atoms with Gasteiger partial charge in [-0.1, -0.05) is 13.8 Å². The molecule has 0 saturated heterocycles. The van der Waals surface area contributed by atoms with Crippen LogP contribution in [0.4, 0.5) is 4.79 Å². The molecule has 0 heterocycles. The number of ether oxygens (including phenoxy) is 1. The van der Waals surface area contributed by atoms with E-state index in [-0.39, 0.29) is 24.6 Å². The molecule has 0 aliphatic rings. The van der Waals surface area contributed by atoms with E-state index in [0.29, 0.717) is 0 Å². The van der Waals surface area contributed by atoms with Crippen molar-refractivity contribution in [2.75, 3.05) is 27.9 Å². The Labute approximate surface area is 104 Å². The second-order valence-electron chi connectivity index (χ2n) is 5.31. The molecule has 0 aromatic carbocycles. The molecule has 0 saturated carbocycles. The Morgan fingerprint density at radius 2 is 1.65 bits per heavy atom. The predicted octanol–water partition coefficient (Wildman–Crippen LogP) is 1.78. The highest BCUT2D eigenvalue weighted by Crippen LogP contribution is 2.27. The van der Waals surface area contributed by atoms with Gasteiger partial charge in [-0.25, -0.2) is 4.79 Å². The fourth-order valence-corrected chi connectivity index (χ4v) is 0.974. The number of carbonyl (C=O) groups is 2. The lowest BCUT2D eigenvalue weighted by Gasteiger charge is -2.28.